The maximum absolute atomic E-state index is 13.0. The molecule has 10 heteroatoms. The number of carbonyl (C=O) groups excluding carboxylic acids is 1. The minimum Gasteiger partial charge on any atom is -0.462 e. The van der Waals surface area contributed by atoms with Crippen molar-refractivity contribution in [2.24, 2.45) is 5.92 Å². The van der Waals surface area contributed by atoms with Crippen molar-refractivity contribution in [2.45, 2.75) is 51.6 Å². The van der Waals surface area contributed by atoms with Crippen LogP contribution in [0.1, 0.15) is 38.6 Å². The van der Waals surface area contributed by atoms with Crippen LogP contribution in [0.15, 0.2) is 47.6 Å². The van der Waals surface area contributed by atoms with Crippen LogP contribution < -0.4 is 4.72 Å². The number of rotatable bonds is 12. The highest BCUT2D eigenvalue weighted by atomic mass is 32.2. The summed E-state index contributed by atoms with van der Waals surface area (Å²) in [5.74, 6) is 0.337. The molecule has 1 aromatic carbocycles. The lowest BCUT2D eigenvalue weighted by atomic mass is 10.1. The largest absolute Gasteiger partial charge is 0.462 e. The van der Waals surface area contributed by atoms with Crippen molar-refractivity contribution < 1.29 is 22.7 Å². The van der Waals surface area contributed by atoms with Crippen LogP contribution in [0.3, 0.4) is 0 Å². The number of ether oxygens (including phenoxy) is 2. The van der Waals surface area contributed by atoms with E-state index in [1.54, 1.807) is 36.7 Å². The van der Waals surface area contributed by atoms with E-state index in [1.165, 1.54) is 0 Å². The van der Waals surface area contributed by atoms with Gasteiger partial charge in [0.1, 0.15) is 24.0 Å². The van der Waals surface area contributed by atoms with Crippen LogP contribution in [0.4, 0.5) is 0 Å². The number of hydrogen-bond acceptors (Lipinski definition) is 7. The van der Waals surface area contributed by atoms with Gasteiger partial charge in [0, 0.05) is 19.3 Å². The van der Waals surface area contributed by atoms with E-state index in [2.05, 4.69) is 19.3 Å². The highest BCUT2D eigenvalue weighted by Crippen LogP contribution is 2.19. The molecule has 0 fully saturated rings. The molecule has 3 aromatic rings. The summed E-state index contributed by atoms with van der Waals surface area (Å²) >= 11 is 0. The predicted molar refractivity (Wildman–Crippen MR) is 129 cm³/mol. The van der Waals surface area contributed by atoms with Crippen molar-refractivity contribution >= 4 is 27.0 Å². The van der Waals surface area contributed by atoms with E-state index in [0.717, 1.165) is 22.4 Å². The third-order valence-corrected chi connectivity index (χ3v) is 6.77. The summed E-state index contributed by atoms with van der Waals surface area (Å²) in [5.41, 5.74) is 2.70. The Bertz CT molecular complexity index is 1210. The molecule has 2 heterocycles. The lowest BCUT2D eigenvalue weighted by Gasteiger charge is -2.19. The summed E-state index contributed by atoms with van der Waals surface area (Å²) in [4.78, 5) is 21.2. The number of nitrogens with zero attached hydrogens (tertiary/aromatic N) is 3. The highest BCUT2D eigenvalue weighted by Gasteiger charge is 2.27. The van der Waals surface area contributed by atoms with E-state index in [9.17, 15) is 13.2 Å². The van der Waals surface area contributed by atoms with E-state index >= 15 is 0 Å². The molecule has 0 spiro atoms. The Morgan fingerprint density at radius 2 is 1.88 bits per heavy atom. The molecule has 0 saturated carbocycles. The van der Waals surface area contributed by atoms with Crippen LogP contribution in [0, 0.1) is 12.8 Å². The first-order chi connectivity index (χ1) is 16.2. The second-order valence-electron chi connectivity index (χ2n) is 8.42. The van der Waals surface area contributed by atoms with Gasteiger partial charge in [-0.2, -0.15) is 4.72 Å². The molecule has 0 aliphatic carbocycles. The van der Waals surface area contributed by atoms with Crippen LogP contribution in [-0.2, 0) is 30.8 Å². The summed E-state index contributed by atoms with van der Waals surface area (Å²) in [6.07, 6.45) is 3.76. The summed E-state index contributed by atoms with van der Waals surface area (Å²) in [7, 11) is -3.92. The second kappa shape index (κ2) is 11.5. The number of aryl methyl sites for hydroxylation is 1. The maximum Gasteiger partial charge on any atom is 0.324 e. The van der Waals surface area contributed by atoms with E-state index < -0.39 is 22.0 Å². The number of hydrogen-bond donors (Lipinski definition) is 1. The van der Waals surface area contributed by atoms with Gasteiger partial charge in [-0.3, -0.25) is 9.78 Å². The van der Waals surface area contributed by atoms with Crippen LogP contribution in [-0.4, -0.2) is 54.8 Å². The van der Waals surface area contributed by atoms with Crippen LogP contribution in [0.25, 0.3) is 11.0 Å². The first-order valence-electron chi connectivity index (χ1n) is 11.3. The molecule has 184 valence electrons. The van der Waals surface area contributed by atoms with Crippen LogP contribution in [0.2, 0.25) is 0 Å². The normalized spacial score (nSPS) is 12.9. The number of benzene rings is 1. The summed E-state index contributed by atoms with van der Waals surface area (Å²) in [5, 5.41) is 0. The SMILES string of the molecule is CCOCCOC(=O)[C@H](CC(C)C)NS(=O)(=O)c1ccc(Cn2c(C)nc3cnccc32)cc1. The van der Waals surface area contributed by atoms with E-state index in [1.807, 2.05) is 33.8 Å². The van der Waals surface area contributed by atoms with Crippen molar-refractivity contribution in [3.8, 4) is 0 Å². The van der Waals surface area contributed by atoms with Gasteiger partial charge >= 0.3 is 5.97 Å². The third kappa shape index (κ3) is 6.62. The van der Waals surface area contributed by atoms with Gasteiger partial charge in [-0.1, -0.05) is 26.0 Å². The summed E-state index contributed by atoms with van der Waals surface area (Å²) < 4.78 is 40.9. The monoisotopic (exact) mass is 488 g/mol. The zero-order valence-corrected chi connectivity index (χ0v) is 20.8. The Hall–Kier alpha value is -2.82. The maximum atomic E-state index is 13.0. The number of sulfonamides is 1. The van der Waals surface area contributed by atoms with Gasteiger partial charge in [0.05, 0.1) is 23.2 Å². The number of esters is 1. The zero-order valence-electron chi connectivity index (χ0n) is 20.0. The molecule has 0 radical (unpaired) electrons. The average Bonchev–Trinajstić information content (AvgIpc) is 3.11. The first-order valence-corrected chi connectivity index (χ1v) is 12.8. The van der Waals surface area contributed by atoms with E-state index in [4.69, 9.17) is 9.47 Å². The molecule has 0 unspecified atom stereocenters. The molecular weight excluding hydrogens is 456 g/mol. The quantitative estimate of drug-likeness (QED) is 0.308. The van der Waals surface area contributed by atoms with Gasteiger partial charge in [-0.15, -0.1) is 0 Å². The van der Waals surface area contributed by atoms with Crippen LogP contribution >= 0.6 is 0 Å². The molecule has 0 bridgehead atoms. The highest BCUT2D eigenvalue weighted by molar-refractivity contribution is 7.89. The molecule has 0 amide bonds. The Kier molecular flexibility index (Phi) is 8.76. The number of aromatic nitrogens is 3. The summed E-state index contributed by atoms with van der Waals surface area (Å²) in [6.45, 7) is 9.02. The molecule has 1 atom stereocenters. The Balaban J connectivity index is 1.72. The van der Waals surface area contributed by atoms with Gasteiger partial charge in [0.2, 0.25) is 10.0 Å². The average molecular weight is 489 g/mol. The fourth-order valence-electron chi connectivity index (χ4n) is 3.62. The van der Waals surface area contributed by atoms with Crippen molar-refractivity contribution in [3.05, 3.63) is 54.1 Å². The topological polar surface area (TPSA) is 112 Å². The van der Waals surface area contributed by atoms with Crippen molar-refractivity contribution in [3.63, 3.8) is 0 Å². The van der Waals surface area contributed by atoms with Crippen molar-refractivity contribution in [1.82, 2.24) is 19.3 Å². The van der Waals surface area contributed by atoms with Gasteiger partial charge in [0.25, 0.3) is 0 Å². The zero-order chi connectivity index (χ0) is 24.7. The van der Waals surface area contributed by atoms with E-state index in [0.29, 0.717) is 19.6 Å². The van der Waals surface area contributed by atoms with Gasteiger partial charge < -0.3 is 14.0 Å². The second-order valence-corrected chi connectivity index (χ2v) is 10.1. The predicted octanol–water partition coefficient (Wildman–Crippen LogP) is 3.06. The number of carbonyl (C=O) groups is 1. The Morgan fingerprint density at radius 1 is 1.15 bits per heavy atom. The van der Waals surface area contributed by atoms with Gasteiger partial charge in [-0.25, -0.2) is 13.4 Å². The smallest absolute Gasteiger partial charge is 0.324 e. The van der Waals surface area contributed by atoms with Crippen molar-refractivity contribution in [2.75, 3.05) is 19.8 Å². The third-order valence-electron chi connectivity index (χ3n) is 5.28. The number of pyridine rings is 1. The molecule has 0 aliphatic heterocycles. The minimum atomic E-state index is -3.92. The molecule has 3 rings (SSSR count). The number of nitrogens with one attached hydrogen (secondary N) is 1. The number of imidazole rings is 1. The van der Waals surface area contributed by atoms with E-state index in [-0.39, 0.29) is 24.0 Å². The summed E-state index contributed by atoms with van der Waals surface area (Å²) in [6, 6.07) is 7.54. The Labute approximate surface area is 200 Å². The van der Waals surface area contributed by atoms with Crippen molar-refractivity contribution in [1.29, 1.82) is 0 Å². The van der Waals surface area contributed by atoms with Gasteiger partial charge in [0.15, 0.2) is 0 Å². The first kappa shape index (κ1) is 25.8. The molecule has 0 aliphatic rings. The lowest BCUT2D eigenvalue weighted by Crippen LogP contribution is -2.42. The molecule has 34 heavy (non-hydrogen) atoms. The fraction of sp³-hybridized carbons (Fsp3) is 0.458. The minimum absolute atomic E-state index is 0.0795. The molecule has 2 aromatic heterocycles. The van der Waals surface area contributed by atoms with Gasteiger partial charge in [-0.05, 0) is 49.9 Å². The Morgan fingerprint density at radius 3 is 2.56 bits per heavy atom. The standard InChI is InChI=1S/C24H32N4O5S/c1-5-32-12-13-33-24(29)21(14-17(2)3)27-34(30,31)20-8-6-19(7-9-20)16-28-18(4)26-22-15-25-11-10-23(22)28/h6-11,15,17,21,27H,5,12-14,16H2,1-4H3/t21-/m0/s1. The van der Waals surface area contributed by atoms with Crippen LogP contribution in [0.5, 0.6) is 0 Å². The molecule has 0 saturated heterocycles. The molecular formula is C24H32N4O5S. The fourth-order valence-corrected chi connectivity index (χ4v) is 4.82. The number of fused-ring (bicyclic) bond motifs is 1. The molecule has 1 N–H and O–H groups in total. The lowest BCUT2D eigenvalue weighted by molar-refractivity contribution is -0.147. The molecule has 9 nitrogen and oxygen atoms in total.